The van der Waals surface area contributed by atoms with E-state index in [1.165, 1.54) is 0 Å². The number of nitrogen functional groups attached to an aromatic ring is 1. The van der Waals surface area contributed by atoms with Crippen LogP contribution in [0, 0.1) is 6.92 Å². The molecule has 0 aliphatic heterocycles. The molecule has 0 radical (unpaired) electrons. The number of nitrogens with zero attached hydrogens (tertiary/aromatic N) is 2. The first-order chi connectivity index (χ1) is 5.58. The molecule has 3 N–H and O–H groups in total. The second-order valence-corrected chi connectivity index (χ2v) is 3.05. The summed E-state index contributed by atoms with van der Waals surface area (Å²) >= 11 is 0. The first-order valence-corrected chi connectivity index (χ1v) is 3.95. The minimum absolute atomic E-state index is 0.318. The van der Waals surface area contributed by atoms with E-state index in [-0.39, 0.29) is 0 Å². The zero-order chi connectivity index (χ0) is 9.14. The second-order valence-electron chi connectivity index (χ2n) is 3.05. The van der Waals surface area contributed by atoms with Crippen molar-refractivity contribution in [1.82, 2.24) is 9.97 Å². The Labute approximate surface area is 72.2 Å². The Hall–Kier alpha value is -1.32. The lowest BCUT2D eigenvalue weighted by Crippen LogP contribution is -2.12. The number of hydrogen-bond donors (Lipinski definition) is 2. The van der Waals surface area contributed by atoms with Crippen LogP contribution in [0.2, 0.25) is 0 Å². The predicted octanol–water partition coefficient (Wildman–Crippen LogP) is 1.19. The lowest BCUT2D eigenvalue weighted by molar-refractivity contribution is 0.885. The summed E-state index contributed by atoms with van der Waals surface area (Å²) in [5.74, 6) is 1.10. The van der Waals surface area contributed by atoms with Crippen LogP contribution < -0.4 is 11.1 Å². The van der Waals surface area contributed by atoms with Gasteiger partial charge < -0.3 is 11.1 Å². The molecule has 1 rings (SSSR count). The van der Waals surface area contributed by atoms with Crippen LogP contribution in [0.4, 0.5) is 11.8 Å². The number of aromatic nitrogens is 2. The average Bonchev–Trinajstić information content (AvgIpc) is 1.81. The zero-order valence-corrected chi connectivity index (χ0v) is 7.63. The van der Waals surface area contributed by atoms with Gasteiger partial charge in [-0.25, -0.2) is 4.98 Å². The molecule has 0 saturated carbocycles. The number of hydrogen-bond acceptors (Lipinski definition) is 4. The summed E-state index contributed by atoms with van der Waals surface area (Å²) in [6.45, 7) is 5.99. The van der Waals surface area contributed by atoms with Gasteiger partial charge in [0.1, 0.15) is 5.82 Å². The number of anilines is 2. The monoisotopic (exact) mass is 166 g/mol. The smallest absolute Gasteiger partial charge is 0.222 e. The maximum absolute atomic E-state index is 5.47. The summed E-state index contributed by atoms with van der Waals surface area (Å²) in [4.78, 5) is 8.00. The van der Waals surface area contributed by atoms with Gasteiger partial charge in [0.05, 0.1) is 0 Å². The minimum atomic E-state index is 0.318. The van der Waals surface area contributed by atoms with Crippen molar-refractivity contribution >= 4 is 11.8 Å². The lowest BCUT2D eigenvalue weighted by atomic mass is 10.3. The lowest BCUT2D eigenvalue weighted by Gasteiger charge is -2.09. The molecule has 1 aromatic heterocycles. The molecule has 0 bridgehead atoms. The van der Waals surface area contributed by atoms with E-state index < -0.39 is 0 Å². The molecule has 0 aromatic carbocycles. The SMILES string of the molecule is Cc1cc(NC(C)C)nc(N)n1. The molecule has 66 valence electrons. The molecule has 0 aliphatic carbocycles. The second kappa shape index (κ2) is 3.38. The van der Waals surface area contributed by atoms with E-state index in [9.17, 15) is 0 Å². The highest BCUT2D eigenvalue weighted by Gasteiger charge is 1.99. The van der Waals surface area contributed by atoms with Crippen LogP contribution in [0.15, 0.2) is 6.07 Å². The number of aryl methyl sites for hydroxylation is 1. The Morgan fingerprint density at radius 2 is 2.08 bits per heavy atom. The Balaban J connectivity index is 2.85. The van der Waals surface area contributed by atoms with E-state index in [1.807, 2.05) is 26.8 Å². The summed E-state index contributed by atoms with van der Waals surface area (Å²) in [6.07, 6.45) is 0. The molecular weight excluding hydrogens is 152 g/mol. The minimum Gasteiger partial charge on any atom is -0.368 e. The molecule has 0 unspecified atom stereocenters. The standard InChI is InChI=1S/C8H14N4/c1-5(2)10-7-4-6(3)11-8(9)12-7/h4-5H,1-3H3,(H3,9,10,11,12). The van der Waals surface area contributed by atoms with Crippen LogP contribution in [-0.4, -0.2) is 16.0 Å². The maximum Gasteiger partial charge on any atom is 0.222 e. The highest BCUT2D eigenvalue weighted by molar-refractivity contribution is 5.40. The van der Waals surface area contributed by atoms with Gasteiger partial charge in [-0.3, -0.25) is 0 Å². The fraction of sp³-hybridized carbons (Fsp3) is 0.500. The van der Waals surface area contributed by atoms with Crippen molar-refractivity contribution in [2.45, 2.75) is 26.8 Å². The first kappa shape index (κ1) is 8.77. The summed E-state index contributed by atoms with van der Waals surface area (Å²) < 4.78 is 0. The number of nitrogens with one attached hydrogen (secondary N) is 1. The van der Waals surface area contributed by atoms with Crippen molar-refractivity contribution in [1.29, 1.82) is 0 Å². The predicted molar refractivity (Wildman–Crippen MR) is 49.9 cm³/mol. The first-order valence-electron chi connectivity index (χ1n) is 3.95. The van der Waals surface area contributed by atoms with Gasteiger partial charge in [-0.1, -0.05) is 0 Å². The van der Waals surface area contributed by atoms with Crippen LogP contribution in [0.1, 0.15) is 19.5 Å². The Kier molecular flexibility index (Phi) is 2.47. The molecule has 0 spiro atoms. The van der Waals surface area contributed by atoms with Crippen LogP contribution in [0.5, 0.6) is 0 Å². The van der Waals surface area contributed by atoms with Crippen molar-refractivity contribution < 1.29 is 0 Å². The number of rotatable bonds is 2. The van der Waals surface area contributed by atoms with E-state index in [0.29, 0.717) is 12.0 Å². The topological polar surface area (TPSA) is 63.8 Å². The highest BCUT2D eigenvalue weighted by Crippen LogP contribution is 2.07. The summed E-state index contributed by atoms with van der Waals surface area (Å²) in [5.41, 5.74) is 6.35. The quantitative estimate of drug-likeness (QED) is 0.692. The van der Waals surface area contributed by atoms with Crippen molar-refractivity contribution in [3.63, 3.8) is 0 Å². The van der Waals surface area contributed by atoms with Gasteiger partial charge in [-0.05, 0) is 20.8 Å². The van der Waals surface area contributed by atoms with E-state index in [4.69, 9.17) is 5.73 Å². The van der Waals surface area contributed by atoms with E-state index in [1.54, 1.807) is 0 Å². The molecule has 0 aliphatic rings. The van der Waals surface area contributed by atoms with E-state index in [2.05, 4.69) is 15.3 Å². The largest absolute Gasteiger partial charge is 0.368 e. The van der Waals surface area contributed by atoms with Gasteiger partial charge in [0.25, 0.3) is 0 Å². The molecule has 0 amide bonds. The molecule has 4 nitrogen and oxygen atoms in total. The van der Waals surface area contributed by atoms with Crippen LogP contribution in [0.25, 0.3) is 0 Å². The molecule has 0 fully saturated rings. The Morgan fingerprint density at radius 3 is 2.58 bits per heavy atom. The fourth-order valence-electron chi connectivity index (χ4n) is 0.961. The third kappa shape index (κ3) is 2.38. The molecule has 12 heavy (non-hydrogen) atoms. The van der Waals surface area contributed by atoms with Gasteiger partial charge in [0.2, 0.25) is 5.95 Å². The molecular formula is C8H14N4. The fourth-order valence-corrected chi connectivity index (χ4v) is 0.961. The maximum atomic E-state index is 5.47. The molecule has 1 heterocycles. The molecule has 0 saturated heterocycles. The van der Waals surface area contributed by atoms with E-state index >= 15 is 0 Å². The third-order valence-corrected chi connectivity index (χ3v) is 1.31. The van der Waals surface area contributed by atoms with Crippen molar-refractivity contribution in [3.8, 4) is 0 Å². The van der Waals surface area contributed by atoms with Gasteiger partial charge in [0, 0.05) is 17.8 Å². The van der Waals surface area contributed by atoms with Gasteiger partial charge in [-0.15, -0.1) is 0 Å². The summed E-state index contributed by atoms with van der Waals surface area (Å²) in [7, 11) is 0. The van der Waals surface area contributed by atoms with Crippen LogP contribution >= 0.6 is 0 Å². The molecule has 1 aromatic rings. The van der Waals surface area contributed by atoms with E-state index in [0.717, 1.165) is 11.5 Å². The van der Waals surface area contributed by atoms with Crippen molar-refractivity contribution in [3.05, 3.63) is 11.8 Å². The van der Waals surface area contributed by atoms with Gasteiger partial charge in [-0.2, -0.15) is 4.98 Å². The van der Waals surface area contributed by atoms with Crippen LogP contribution in [0.3, 0.4) is 0 Å². The van der Waals surface area contributed by atoms with Crippen molar-refractivity contribution in [2.24, 2.45) is 0 Å². The van der Waals surface area contributed by atoms with Gasteiger partial charge >= 0.3 is 0 Å². The molecule has 0 atom stereocenters. The number of nitrogens with two attached hydrogens (primary N) is 1. The molecule has 4 heteroatoms. The van der Waals surface area contributed by atoms with Gasteiger partial charge in [0.15, 0.2) is 0 Å². The Morgan fingerprint density at radius 1 is 1.42 bits per heavy atom. The normalized spacial score (nSPS) is 10.3. The Bertz CT molecular complexity index is 250. The van der Waals surface area contributed by atoms with Crippen molar-refractivity contribution in [2.75, 3.05) is 11.1 Å². The summed E-state index contributed by atoms with van der Waals surface area (Å²) in [5, 5.41) is 3.16. The zero-order valence-electron chi connectivity index (χ0n) is 7.63. The van der Waals surface area contributed by atoms with Crippen LogP contribution in [-0.2, 0) is 0 Å². The third-order valence-electron chi connectivity index (χ3n) is 1.31. The highest BCUT2D eigenvalue weighted by atomic mass is 15.1. The summed E-state index contributed by atoms with van der Waals surface area (Å²) in [6, 6.07) is 2.23. The average molecular weight is 166 g/mol.